The lowest BCUT2D eigenvalue weighted by molar-refractivity contribution is 0.0724. The molecule has 2 aromatic rings. The topological polar surface area (TPSA) is 56.7 Å². The molecular weight excluding hydrogens is 391 g/mol. The molecule has 2 aliphatic rings. The highest BCUT2D eigenvalue weighted by Crippen LogP contribution is 2.48. The predicted octanol–water partition coefficient (Wildman–Crippen LogP) is 3.85. The third kappa shape index (κ3) is 5.06. The standard InChI is InChI=1S/C25H31FN4O/c1-27-24(29-18-25(12-13-25)21-10-3-4-11-22(21)26)28-17-19-8-7-9-20(16-19)23(31)30-14-5-2-6-15-30/h3-4,7-11,16H,2,5-6,12-15,17-18H2,1H3,(H2,27,28,29). The van der Waals surface area contributed by atoms with E-state index >= 15 is 0 Å². The van der Waals surface area contributed by atoms with Crippen LogP contribution in [0.2, 0.25) is 0 Å². The maximum atomic E-state index is 14.2. The zero-order valence-corrected chi connectivity index (χ0v) is 18.2. The van der Waals surface area contributed by atoms with Crippen molar-refractivity contribution >= 4 is 11.9 Å². The highest BCUT2D eigenvalue weighted by molar-refractivity contribution is 5.94. The number of halogens is 1. The average Bonchev–Trinajstić information content (AvgIpc) is 3.60. The van der Waals surface area contributed by atoms with Crippen molar-refractivity contribution in [3.63, 3.8) is 0 Å². The molecule has 1 saturated carbocycles. The molecule has 1 saturated heterocycles. The van der Waals surface area contributed by atoms with E-state index in [9.17, 15) is 9.18 Å². The van der Waals surface area contributed by atoms with Crippen LogP contribution in [0.1, 0.15) is 53.6 Å². The van der Waals surface area contributed by atoms with Crippen molar-refractivity contribution in [1.82, 2.24) is 15.5 Å². The van der Waals surface area contributed by atoms with Gasteiger partial charge in [0.15, 0.2) is 5.96 Å². The van der Waals surface area contributed by atoms with Crippen LogP contribution in [0.25, 0.3) is 0 Å². The van der Waals surface area contributed by atoms with Gasteiger partial charge in [-0.05, 0) is 61.4 Å². The van der Waals surface area contributed by atoms with Crippen LogP contribution in [0, 0.1) is 5.82 Å². The van der Waals surface area contributed by atoms with Gasteiger partial charge in [0.25, 0.3) is 5.91 Å². The van der Waals surface area contributed by atoms with Crippen molar-refractivity contribution in [2.75, 3.05) is 26.7 Å². The maximum absolute atomic E-state index is 14.2. The first kappa shape index (κ1) is 21.3. The van der Waals surface area contributed by atoms with Crippen molar-refractivity contribution < 1.29 is 9.18 Å². The second kappa shape index (κ2) is 9.50. The Morgan fingerprint density at radius 3 is 2.55 bits per heavy atom. The van der Waals surface area contributed by atoms with E-state index in [0.717, 1.165) is 55.5 Å². The Morgan fingerprint density at radius 2 is 1.84 bits per heavy atom. The van der Waals surface area contributed by atoms with Crippen LogP contribution >= 0.6 is 0 Å². The lowest BCUT2D eigenvalue weighted by Crippen LogP contribution is -2.41. The zero-order chi connectivity index (χ0) is 21.7. The molecule has 0 radical (unpaired) electrons. The quantitative estimate of drug-likeness (QED) is 0.549. The fourth-order valence-corrected chi connectivity index (χ4v) is 4.34. The lowest BCUT2D eigenvalue weighted by Gasteiger charge is -2.26. The number of carbonyl (C=O) groups is 1. The average molecular weight is 423 g/mol. The van der Waals surface area contributed by atoms with E-state index in [1.165, 1.54) is 12.5 Å². The van der Waals surface area contributed by atoms with Gasteiger partial charge in [0, 0.05) is 44.2 Å². The Hall–Kier alpha value is -2.89. The van der Waals surface area contributed by atoms with Gasteiger partial charge in [-0.2, -0.15) is 0 Å². The van der Waals surface area contributed by atoms with Gasteiger partial charge in [0.2, 0.25) is 0 Å². The van der Waals surface area contributed by atoms with E-state index in [1.54, 1.807) is 13.1 Å². The summed E-state index contributed by atoms with van der Waals surface area (Å²) < 4.78 is 14.2. The number of nitrogens with one attached hydrogen (secondary N) is 2. The number of aliphatic imine (C=N–C) groups is 1. The second-order valence-corrected chi connectivity index (χ2v) is 8.59. The number of hydrogen-bond acceptors (Lipinski definition) is 2. The molecule has 5 nitrogen and oxygen atoms in total. The first-order valence-corrected chi connectivity index (χ1v) is 11.2. The number of benzene rings is 2. The van der Waals surface area contributed by atoms with Gasteiger partial charge in [0.1, 0.15) is 5.82 Å². The van der Waals surface area contributed by atoms with E-state index in [0.29, 0.717) is 19.0 Å². The molecule has 0 aromatic heterocycles. The van der Waals surface area contributed by atoms with Gasteiger partial charge in [-0.25, -0.2) is 4.39 Å². The summed E-state index contributed by atoms with van der Waals surface area (Å²) >= 11 is 0. The minimum Gasteiger partial charge on any atom is -0.356 e. The molecular formula is C25H31FN4O. The molecule has 0 atom stereocenters. The Balaban J connectivity index is 1.33. The van der Waals surface area contributed by atoms with Crippen LogP contribution in [0.5, 0.6) is 0 Å². The largest absolute Gasteiger partial charge is 0.356 e. The van der Waals surface area contributed by atoms with Crippen LogP contribution in [0.15, 0.2) is 53.5 Å². The SMILES string of the molecule is CN=C(NCc1cccc(C(=O)N2CCCCC2)c1)NCC1(c2ccccc2F)CC1. The summed E-state index contributed by atoms with van der Waals surface area (Å²) in [5.41, 5.74) is 2.40. The Kier molecular flexibility index (Phi) is 6.54. The van der Waals surface area contributed by atoms with E-state index < -0.39 is 0 Å². The minimum atomic E-state index is -0.149. The third-order valence-corrected chi connectivity index (χ3v) is 6.39. The summed E-state index contributed by atoms with van der Waals surface area (Å²) in [5.74, 6) is 0.653. The summed E-state index contributed by atoms with van der Waals surface area (Å²) in [6.07, 6.45) is 5.32. The molecule has 0 spiro atoms. The number of nitrogens with zero attached hydrogens (tertiary/aromatic N) is 2. The number of amides is 1. The fraction of sp³-hybridized carbons (Fsp3) is 0.440. The monoisotopic (exact) mass is 422 g/mol. The first-order chi connectivity index (χ1) is 15.1. The van der Waals surface area contributed by atoms with Gasteiger partial charge >= 0.3 is 0 Å². The molecule has 1 aliphatic heterocycles. The molecule has 6 heteroatoms. The number of guanidine groups is 1. The van der Waals surface area contributed by atoms with Crippen molar-refractivity contribution in [2.45, 2.75) is 44.1 Å². The Labute approximate surface area is 183 Å². The summed E-state index contributed by atoms with van der Waals surface area (Å²) in [7, 11) is 1.73. The summed E-state index contributed by atoms with van der Waals surface area (Å²) in [4.78, 5) is 19.0. The Morgan fingerprint density at radius 1 is 1.06 bits per heavy atom. The van der Waals surface area contributed by atoms with Crippen LogP contribution in [-0.2, 0) is 12.0 Å². The first-order valence-electron chi connectivity index (χ1n) is 11.2. The number of piperidine rings is 1. The third-order valence-electron chi connectivity index (χ3n) is 6.39. The molecule has 1 aliphatic carbocycles. The predicted molar refractivity (Wildman–Crippen MR) is 122 cm³/mol. The molecule has 4 rings (SSSR count). The Bertz CT molecular complexity index is 948. The molecule has 2 fully saturated rings. The maximum Gasteiger partial charge on any atom is 0.253 e. The molecule has 164 valence electrons. The molecule has 31 heavy (non-hydrogen) atoms. The summed E-state index contributed by atoms with van der Waals surface area (Å²) in [5, 5.41) is 6.67. The van der Waals surface area contributed by atoms with E-state index in [1.807, 2.05) is 41.3 Å². The van der Waals surface area contributed by atoms with Gasteiger partial charge in [0.05, 0.1) is 0 Å². The minimum absolute atomic E-state index is 0.115. The molecule has 2 aromatic carbocycles. The van der Waals surface area contributed by atoms with Gasteiger partial charge in [-0.15, -0.1) is 0 Å². The highest BCUT2D eigenvalue weighted by atomic mass is 19.1. The zero-order valence-electron chi connectivity index (χ0n) is 18.2. The van der Waals surface area contributed by atoms with Crippen molar-refractivity contribution in [3.05, 3.63) is 71.0 Å². The molecule has 2 N–H and O–H groups in total. The summed E-state index contributed by atoms with van der Waals surface area (Å²) in [6, 6.07) is 14.8. The fourth-order valence-electron chi connectivity index (χ4n) is 4.34. The van der Waals surface area contributed by atoms with Crippen LogP contribution in [0.3, 0.4) is 0 Å². The highest BCUT2D eigenvalue weighted by Gasteiger charge is 2.45. The van der Waals surface area contributed by atoms with Gasteiger partial charge < -0.3 is 15.5 Å². The smallest absolute Gasteiger partial charge is 0.253 e. The van der Waals surface area contributed by atoms with Gasteiger partial charge in [-0.1, -0.05) is 30.3 Å². The van der Waals surface area contributed by atoms with Crippen LogP contribution in [0.4, 0.5) is 4.39 Å². The second-order valence-electron chi connectivity index (χ2n) is 8.59. The number of rotatable bonds is 6. The number of carbonyl (C=O) groups excluding carboxylic acids is 1. The normalized spacial score (nSPS) is 17.9. The summed E-state index contributed by atoms with van der Waals surface area (Å²) in [6.45, 7) is 2.90. The van der Waals surface area contributed by atoms with Gasteiger partial charge in [-0.3, -0.25) is 9.79 Å². The molecule has 1 amide bonds. The van der Waals surface area contributed by atoms with Crippen molar-refractivity contribution in [2.24, 2.45) is 4.99 Å². The molecule has 1 heterocycles. The molecule has 0 unspecified atom stereocenters. The van der Waals surface area contributed by atoms with Crippen LogP contribution in [-0.4, -0.2) is 43.4 Å². The van der Waals surface area contributed by atoms with E-state index in [-0.39, 0.29) is 17.1 Å². The van der Waals surface area contributed by atoms with E-state index in [4.69, 9.17) is 0 Å². The number of hydrogen-bond donors (Lipinski definition) is 2. The number of likely N-dealkylation sites (tertiary alicyclic amines) is 1. The van der Waals surface area contributed by atoms with Crippen LogP contribution < -0.4 is 10.6 Å². The van der Waals surface area contributed by atoms with E-state index in [2.05, 4.69) is 15.6 Å². The van der Waals surface area contributed by atoms with Crippen molar-refractivity contribution in [3.8, 4) is 0 Å². The molecule has 0 bridgehead atoms. The van der Waals surface area contributed by atoms with Crippen molar-refractivity contribution in [1.29, 1.82) is 0 Å². The lowest BCUT2D eigenvalue weighted by atomic mass is 9.95.